The molecule has 8 nitrogen and oxygen atoms in total. The molecule has 1 aromatic heterocycles. The third-order valence-corrected chi connectivity index (χ3v) is 5.09. The number of aromatic nitrogens is 3. The van der Waals surface area contributed by atoms with Crippen molar-refractivity contribution in [3.8, 4) is 0 Å². The highest BCUT2D eigenvalue weighted by molar-refractivity contribution is 14.0. The zero-order chi connectivity index (χ0) is 19.8. The lowest BCUT2D eigenvalue weighted by Gasteiger charge is -2.26. The number of morpholine rings is 1. The third kappa shape index (κ3) is 7.23. The van der Waals surface area contributed by atoms with Gasteiger partial charge in [-0.05, 0) is 25.0 Å². The number of halogens is 1. The van der Waals surface area contributed by atoms with Gasteiger partial charge >= 0.3 is 0 Å². The molecule has 3 rings (SSSR count). The predicted octanol–water partition coefficient (Wildman–Crippen LogP) is 1.62. The minimum atomic E-state index is 0. The number of ether oxygens (including phenoxy) is 1. The number of benzene rings is 1. The van der Waals surface area contributed by atoms with Crippen molar-refractivity contribution in [3.05, 3.63) is 47.0 Å². The Hall–Kier alpha value is -1.72. The van der Waals surface area contributed by atoms with E-state index in [-0.39, 0.29) is 24.0 Å². The van der Waals surface area contributed by atoms with Crippen LogP contribution in [0, 0.1) is 13.8 Å². The molecule has 1 aromatic carbocycles. The molecule has 0 spiro atoms. The summed E-state index contributed by atoms with van der Waals surface area (Å²) in [4.78, 5) is 7.19. The summed E-state index contributed by atoms with van der Waals surface area (Å²) in [5, 5.41) is 15.2. The number of hydrogen-bond acceptors (Lipinski definition) is 5. The van der Waals surface area contributed by atoms with Gasteiger partial charge in [0.2, 0.25) is 0 Å². The van der Waals surface area contributed by atoms with Crippen LogP contribution in [0.1, 0.15) is 22.8 Å². The number of nitrogens with one attached hydrogen (secondary N) is 2. The summed E-state index contributed by atoms with van der Waals surface area (Å²) < 4.78 is 7.40. The number of hydrogen-bond donors (Lipinski definition) is 2. The van der Waals surface area contributed by atoms with Crippen LogP contribution in [0.25, 0.3) is 0 Å². The van der Waals surface area contributed by atoms with Gasteiger partial charge in [0.15, 0.2) is 11.8 Å². The fraction of sp³-hybridized carbons (Fsp3) is 0.550. The standard InChI is InChI=1S/C20H31N7O.HI/c1-16-6-4-5-7-18(16)14-22-20(21-8-9-27-10-12-28-13-11-27)23-15-19-25-24-17(2)26(19)3;/h4-7H,8-15H2,1-3H3,(H2,21,22,23);1H. The van der Waals surface area contributed by atoms with Crippen LogP contribution in [0.15, 0.2) is 29.3 Å². The molecule has 160 valence electrons. The Morgan fingerprint density at radius 2 is 1.90 bits per heavy atom. The van der Waals surface area contributed by atoms with E-state index in [2.05, 4.69) is 56.9 Å². The molecule has 0 unspecified atom stereocenters. The fourth-order valence-corrected chi connectivity index (χ4v) is 3.05. The zero-order valence-electron chi connectivity index (χ0n) is 17.5. The maximum Gasteiger partial charge on any atom is 0.192 e. The van der Waals surface area contributed by atoms with E-state index in [1.807, 2.05) is 18.5 Å². The van der Waals surface area contributed by atoms with E-state index in [0.717, 1.165) is 57.0 Å². The largest absolute Gasteiger partial charge is 0.379 e. The van der Waals surface area contributed by atoms with E-state index in [1.165, 1.54) is 11.1 Å². The normalized spacial score (nSPS) is 15.1. The summed E-state index contributed by atoms with van der Waals surface area (Å²) in [5.74, 6) is 2.57. The van der Waals surface area contributed by atoms with E-state index < -0.39 is 0 Å². The first-order chi connectivity index (χ1) is 13.6. The number of guanidine groups is 1. The Labute approximate surface area is 190 Å². The zero-order valence-corrected chi connectivity index (χ0v) is 19.8. The lowest BCUT2D eigenvalue weighted by molar-refractivity contribution is 0.0389. The molecule has 1 fully saturated rings. The highest BCUT2D eigenvalue weighted by Crippen LogP contribution is 2.08. The molecule has 1 aliphatic heterocycles. The topological polar surface area (TPSA) is 79.6 Å². The van der Waals surface area contributed by atoms with Crippen LogP contribution in [-0.4, -0.2) is 65.0 Å². The molecule has 1 aliphatic rings. The lowest BCUT2D eigenvalue weighted by atomic mass is 10.1. The first kappa shape index (κ1) is 23.6. The van der Waals surface area contributed by atoms with E-state index in [0.29, 0.717) is 13.1 Å². The predicted molar refractivity (Wildman–Crippen MR) is 126 cm³/mol. The van der Waals surface area contributed by atoms with Gasteiger partial charge in [-0.3, -0.25) is 4.90 Å². The van der Waals surface area contributed by atoms with Crippen LogP contribution in [0.5, 0.6) is 0 Å². The number of nitrogens with zero attached hydrogens (tertiary/aromatic N) is 5. The molecule has 1 saturated heterocycles. The Morgan fingerprint density at radius 3 is 2.59 bits per heavy atom. The van der Waals surface area contributed by atoms with Gasteiger partial charge < -0.3 is 19.9 Å². The minimum Gasteiger partial charge on any atom is -0.379 e. The summed E-state index contributed by atoms with van der Waals surface area (Å²) >= 11 is 0. The third-order valence-electron chi connectivity index (χ3n) is 5.09. The van der Waals surface area contributed by atoms with E-state index in [1.54, 1.807) is 0 Å². The molecule has 0 bridgehead atoms. The first-order valence-corrected chi connectivity index (χ1v) is 9.85. The van der Waals surface area contributed by atoms with Crippen molar-refractivity contribution >= 4 is 29.9 Å². The van der Waals surface area contributed by atoms with Gasteiger partial charge in [0.1, 0.15) is 5.82 Å². The second kappa shape index (κ2) is 12.1. The molecule has 0 aliphatic carbocycles. The van der Waals surface area contributed by atoms with Gasteiger partial charge in [-0.1, -0.05) is 24.3 Å². The average Bonchev–Trinajstić information content (AvgIpc) is 3.03. The van der Waals surface area contributed by atoms with Crippen LogP contribution in [0.2, 0.25) is 0 Å². The first-order valence-electron chi connectivity index (χ1n) is 9.85. The monoisotopic (exact) mass is 513 g/mol. The Kier molecular flexibility index (Phi) is 9.82. The van der Waals surface area contributed by atoms with Crippen molar-refractivity contribution < 1.29 is 4.74 Å². The van der Waals surface area contributed by atoms with E-state index in [9.17, 15) is 0 Å². The molecule has 2 aromatic rings. The molecule has 0 amide bonds. The number of rotatable bonds is 7. The Balaban J connectivity index is 0.00000300. The van der Waals surface area contributed by atoms with Crippen LogP contribution in [-0.2, 0) is 24.9 Å². The average molecular weight is 513 g/mol. The van der Waals surface area contributed by atoms with Crippen LogP contribution in [0.3, 0.4) is 0 Å². The number of aliphatic imine (C=N–C) groups is 1. The van der Waals surface area contributed by atoms with Crippen molar-refractivity contribution in [1.29, 1.82) is 0 Å². The van der Waals surface area contributed by atoms with Crippen LogP contribution >= 0.6 is 24.0 Å². The van der Waals surface area contributed by atoms with Crippen LogP contribution < -0.4 is 10.6 Å². The smallest absolute Gasteiger partial charge is 0.192 e. The maximum atomic E-state index is 5.41. The SMILES string of the molecule is Cc1ccccc1CN=C(NCCN1CCOCC1)NCc1nnc(C)n1C.I. The lowest BCUT2D eigenvalue weighted by Crippen LogP contribution is -2.44. The van der Waals surface area contributed by atoms with Gasteiger partial charge in [0.25, 0.3) is 0 Å². The minimum absolute atomic E-state index is 0. The Morgan fingerprint density at radius 1 is 1.14 bits per heavy atom. The summed E-state index contributed by atoms with van der Waals surface area (Å²) in [6.45, 7) is 10.7. The molecule has 9 heteroatoms. The summed E-state index contributed by atoms with van der Waals surface area (Å²) in [6, 6.07) is 8.35. The van der Waals surface area contributed by atoms with Crippen molar-refractivity contribution in [2.75, 3.05) is 39.4 Å². The second-order valence-corrected chi connectivity index (χ2v) is 7.05. The maximum absolute atomic E-state index is 5.41. The molecule has 29 heavy (non-hydrogen) atoms. The van der Waals surface area contributed by atoms with Crippen LogP contribution in [0.4, 0.5) is 0 Å². The molecule has 2 heterocycles. The van der Waals surface area contributed by atoms with Gasteiger partial charge in [-0.25, -0.2) is 4.99 Å². The quantitative estimate of drug-likeness (QED) is 0.333. The summed E-state index contributed by atoms with van der Waals surface area (Å²) in [7, 11) is 1.97. The molecular weight excluding hydrogens is 481 g/mol. The molecule has 0 atom stereocenters. The van der Waals surface area contributed by atoms with Gasteiger partial charge in [-0.15, -0.1) is 34.2 Å². The number of aryl methyl sites for hydroxylation is 2. The second-order valence-electron chi connectivity index (χ2n) is 7.05. The molecule has 0 radical (unpaired) electrons. The van der Waals surface area contributed by atoms with Gasteiger partial charge in [0.05, 0.1) is 26.3 Å². The Bertz CT molecular complexity index is 787. The summed E-state index contributed by atoms with van der Waals surface area (Å²) in [6.07, 6.45) is 0. The van der Waals surface area contributed by atoms with E-state index >= 15 is 0 Å². The van der Waals surface area contributed by atoms with Crippen molar-refractivity contribution in [3.63, 3.8) is 0 Å². The molecule has 2 N–H and O–H groups in total. The van der Waals surface area contributed by atoms with E-state index in [4.69, 9.17) is 9.73 Å². The van der Waals surface area contributed by atoms with Crippen molar-refractivity contribution in [2.24, 2.45) is 12.0 Å². The van der Waals surface area contributed by atoms with Gasteiger partial charge in [0, 0.05) is 33.2 Å². The van der Waals surface area contributed by atoms with Crippen molar-refractivity contribution in [2.45, 2.75) is 26.9 Å². The fourth-order valence-electron chi connectivity index (χ4n) is 3.05. The van der Waals surface area contributed by atoms with Gasteiger partial charge in [-0.2, -0.15) is 0 Å². The highest BCUT2D eigenvalue weighted by atomic mass is 127. The molecular formula is C20H32IN7O. The molecule has 0 saturated carbocycles. The highest BCUT2D eigenvalue weighted by Gasteiger charge is 2.10. The summed E-state index contributed by atoms with van der Waals surface area (Å²) in [5.41, 5.74) is 2.48. The van der Waals surface area contributed by atoms with Crippen molar-refractivity contribution in [1.82, 2.24) is 30.3 Å².